The Kier molecular flexibility index (Phi) is 6.74. The lowest BCUT2D eigenvalue weighted by molar-refractivity contribution is -0.120. The lowest BCUT2D eigenvalue weighted by Gasteiger charge is -2.19. The Bertz CT molecular complexity index is 437. The minimum Gasteiger partial charge on any atom is -0.326 e. The molecule has 0 bridgehead atoms. The highest BCUT2D eigenvalue weighted by molar-refractivity contribution is 5.92. The molecule has 0 radical (unpaired) electrons. The Morgan fingerprint density at radius 3 is 2.57 bits per heavy atom. The molecule has 2 rings (SSSR count). The highest BCUT2D eigenvalue weighted by atomic mass is 16.1. The summed E-state index contributed by atoms with van der Waals surface area (Å²) in [5.74, 6) is 0.403. The van der Waals surface area contributed by atoms with Crippen molar-refractivity contribution >= 4 is 11.6 Å². The van der Waals surface area contributed by atoms with Gasteiger partial charge in [-0.15, -0.1) is 0 Å². The minimum atomic E-state index is 0.197. The number of hydrogen-bond donors (Lipinski definition) is 2. The average molecular weight is 288 g/mol. The minimum absolute atomic E-state index is 0.197. The van der Waals surface area contributed by atoms with Gasteiger partial charge in [-0.25, -0.2) is 0 Å². The third-order valence-electron chi connectivity index (χ3n) is 4.25. The summed E-state index contributed by atoms with van der Waals surface area (Å²) in [6, 6.07) is 8.16. The van der Waals surface area contributed by atoms with E-state index >= 15 is 0 Å². The van der Waals surface area contributed by atoms with Crippen LogP contribution in [0.25, 0.3) is 0 Å². The second-order valence-corrected chi connectivity index (χ2v) is 6.01. The number of anilines is 1. The van der Waals surface area contributed by atoms with E-state index in [1.165, 1.54) is 37.7 Å². The molecule has 1 saturated carbocycles. The maximum absolute atomic E-state index is 12.4. The van der Waals surface area contributed by atoms with E-state index < -0.39 is 0 Å². The van der Waals surface area contributed by atoms with E-state index in [4.69, 9.17) is 0 Å². The molecule has 3 nitrogen and oxygen atoms in total. The highest BCUT2D eigenvalue weighted by Gasteiger charge is 2.19. The number of carbonyl (C=O) groups excluding carboxylic acids is 1. The second-order valence-electron chi connectivity index (χ2n) is 6.01. The molecule has 0 saturated heterocycles. The van der Waals surface area contributed by atoms with Crippen molar-refractivity contribution in [3.8, 4) is 0 Å². The first-order valence-corrected chi connectivity index (χ1v) is 8.40. The molecule has 0 heterocycles. The van der Waals surface area contributed by atoms with Crippen LogP contribution in [0.1, 0.15) is 57.4 Å². The Balaban J connectivity index is 1.91. The summed E-state index contributed by atoms with van der Waals surface area (Å²) in [5, 5.41) is 6.42. The first kappa shape index (κ1) is 16.0. The molecule has 116 valence electrons. The first-order chi connectivity index (χ1) is 10.3. The van der Waals surface area contributed by atoms with Crippen molar-refractivity contribution in [2.75, 3.05) is 11.9 Å². The van der Waals surface area contributed by atoms with Crippen LogP contribution in [0.5, 0.6) is 0 Å². The molecule has 3 heteroatoms. The highest BCUT2D eigenvalue weighted by Crippen LogP contribution is 2.23. The molecule has 1 aliphatic carbocycles. The third-order valence-corrected chi connectivity index (χ3v) is 4.25. The van der Waals surface area contributed by atoms with Crippen molar-refractivity contribution in [1.29, 1.82) is 0 Å². The molecule has 21 heavy (non-hydrogen) atoms. The predicted molar refractivity (Wildman–Crippen MR) is 88.3 cm³/mol. The normalized spacial score (nSPS) is 17.0. The van der Waals surface area contributed by atoms with Crippen LogP contribution in [0.4, 0.5) is 5.69 Å². The monoisotopic (exact) mass is 288 g/mol. The molecule has 0 aromatic heterocycles. The molecule has 1 aliphatic rings. The summed E-state index contributed by atoms with van der Waals surface area (Å²) in [6.07, 6.45) is 8.37. The van der Waals surface area contributed by atoms with Crippen molar-refractivity contribution in [2.24, 2.45) is 5.92 Å². The number of hydrogen-bond acceptors (Lipinski definition) is 2. The third kappa shape index (κ3) is 5.50. The van der Waals surface area contributed by atoms with E-state index in [9.17, 15) is 4.79 Å². The molecule has 1 fully saturated rings. The number of rotatable bonds is 5. The zero-order valence-electron chi connectivity index (χ0n) is 13.2. The van der Waals surface area contributed by atoms with Gasteiger partial charge in [-0.1, -0.05) is 51.2 Å². The van der Waals surface area contributed by atoms with Gasteiger partial charge >= 0.3 is 0 Å². The molecular formula is C18H28N2O. The Hall–Kier alpha value is -1.35. The van der Waals surface area contributed by atoms with Crippen molar-refractivity contribution in [2.45, 2.75) is 58.4 Å². The molecular weight excluding hydrogens is 260 g/mol. The maximum atomic E-state index is 12.4. The smallest absolute Gasteiger partial charge is 0.227 e. The molecule has 0 aliphatic heterocycles. The quantitative estimate of drug-likeness (QED) is 0.856. The van der Waals surface area contributed by atoms with E-state index in [-0.39, 0.29) is 11.8 Å². The fourth-order valence-corrected chi connectivity index (χ4v) is 2.99. The van der Waals surface area contributed by atoms with E-state index in [1.807, 2.05) is 12.1 Å². The zero-order chi connectivity index (χ0) is 14.9. The fourth-order valence-electron chi connectivity index (χ4n) is 2.99. The van der Waals surface area contributed by atoms with Crippen LogP contribution in [-0.4, -0.2) is 12.5 Å². The van der Waals surface area contributed by atoms with Crippen LogP contribution in [-0.2, 0) is 11.3 Å². The van der Waals surface area contributed by atoms with E-state index in [0.29, 0.717) is 0 Å². The molecule has 0 atom stereocenters. The van der Waals surface area contributed by atoms with Crippen LogP contribution in [0.15, 0.2) is 24.3 Å². The zero-order valence-corrected chi connectivity index (χ0v) is 13.2. The van der Waals surface area contributed by atoms with Crippen LogP contribution >= 0.6 is 0 Å². The van der Waals surface area contributed by atoms with Gasteiger partial charge in [0.15, 0.2) is 0 Å². The maximum Gasteiger partial charge on any atom is 0.227 e. The van der Waals surface area contributed by atoms with Crippen molar-refractivity contribution < 1.29 is 4.79 Å². The van der Waals surface area contributed by atoms with Gasteiger partial charge in [0.05, 0.1) is 0 Å². The lowest BCUT2D eigenvalue weighted by Crippen LogP contribution is -2.23. The number of carbonyl (C=O) groups is 1. The van der Waals surface area contributed by atoms with Crippen LogP contribution in [0.3, 0.4) is 0 Å². The molecule has 1 aromatic carbocycles. The molecule has 1 aromatic rings. The SMILES string of the molecule is CCNCc1cccc(NC(=O)C2CCCCCCC2)c1. The number of benzene rings is 1. The van der Waals surface area contributed by atoms with Gasteiger partial charge in [0.25, 0.3) is 0 Å². The Morgan fingerprint density at radius 2 is 1.86 bits per heavy atom. The van der Waals surface area contributed by atoms with Gasteiger partial charge in [-0.3, -0.25) is 4.79 Å². The second kappa shape index (κ2) is 8.83. The van der Waals surface area contributed by atoms with Gasteiger partial charge in [-0.2, -0.15) is 0 Å². The summed E-state index contributed by atoms with van der Waals surface area (Å²) in [7, 11) is 0. The fraction of sp³-hybridized carbons (Fsp3) is 0.611. The molecule has 0 spiro atoms. The van der Waals surface area contributed by atoms with Gasteiger partial charge in [0, 0.05) is 18.2 Å². The standard InChI is InChI=1S/C18H28N2O/c1-2-19-14-15-9-8-12-17(13-15)20-18(21)16-10-6-4-3-5-7-11-16/h8-9,12-13,16,19H,2-7,10-11,14H2,1H3,(H,20,21). The van der Waals surface area contributed by atoms with Crippen molar-refractivity contribution in [3.63, 3.8) is 0 Å². The van der Waals surface area contributed by atoms with Crippen LogP contribution in [0, 0.1) is 5.92 Å². The van der Waals surface area contributed by atoms with E-state index in [1.54, 1.807) is 0 Å². The van der Waals surface area contributed by atoms with Crippen molar-refractivity contribution in [1.82, 2.24) is 5.32 Å². The van der Waals surface area contributed by atoms with Gasteiger partial charge in [-0.05, 0) is 37.1 Å². The van der Waals surface area contributed by atoms with Crippen LogP contribution in [0.2, 0.25) is 0 Å². The van der Waals surface area contributed by atoms with Gasteiger partial charge in [0.1, 0.15) is 0 Å². The molecule has 2 N–H and O–H groups in total. The number of nitrogens with one attached hydrogen (secondary N) is 2. The summed E-state index contributed by atoms with van der Waals surface area (Å²) in [5.41, 5.74) is 2.14. The summed E-state index contributed by atoms with van der Waals surface area (Å²) >= 11 is 0. The van der Waals surface area contributed by atoms with E-state index in [0.717, 1.165) is 31.6 Å². The predicted octanol–water partition coefficient (Wildman–Crippen LogP) is 4.10. The van der Waals surface area contributed by atoms with Gasteiger partial charge in [0.2, 0.25) is 5.91 Å². The van der Waals surface area contributed by atoms with Crippen LogP contribution < -0.4 is 10.6 Å². The van der Waals surface area contributed by atoms with Gasteiger partial charge < -0.3 is 10.6 Å². The average Bonchev–Trinajstić information content (AvgIpc) is 2.45. The Labute approximate surface area is 128 Å². The molecule has 1 amide bonds. The Morgan fingerprint density at radius 1 is 1.14 bits per heavy atom. The summed E-state index contributed by atoms with van der Waals surface area (Å²) in [6.45, 7) is 3.91. The van der Waals surface area contributed by atoms with Crippen molar-refractivity contribution in [3.05, 3.63) is 29.8 Å². The largest absolute Gasteiger partial charge is 0.326 e. The van der Waals surface area contributed by atoms with E-state index in [2.05, 4.69) is 29.7 Å². The number of amides is 1. The lowest BCUT2D eigenvalue weighted by atomic mass is 9.90. The summed E-state index contributed by atoms with van der Waals surface area (Å²) in [4.78, 5) is 12.4. The molecule has 0 unspecified atom stereocenters. The summed E-state index contributed by atoms with van der Waals surface area (Å²) < 4.78 is 0. The first-order valence-electron chi connectivity index (χ1n) is 8.40. The topological polar surface area (TPSA) is 41.1 Å².